The van der Waals surface area contributed by atoms with Crippen LogP contribution in [0.4, 0.5) is 0 Å². The van der Waals surface area contributed by atoms with Gasteiger partial charge in [0, 0.05) is 31.7 Å². The maximum Gasteiger partial charge on any atom is 0.259 e. The summed E-state index contributed by atoms with van der Waals surface area (Å²) in [6, 6.07) is 19.8. The number of amides is 1. The van der Waals surface area contributed by atoms with Gasteiger partial charge in [-0.25, -0.2) is 4.98 Å². The fraction of sp³-hybridized carbons (Fsp3) is 0.269. The minimum atomic E-state index is -0.174. The molecule has 1 N–H and O–H groups in total. The molecule has 1 saturated heterocycles. The lowest BCUT2D eigenvalue weighted by Crippen LogP contribution is -2.36. The minimum Gasteiger partial charge on any atom is -0.379 e. The van der Waals surface area contributed by atoms with Crippen LogP contribution in [-0.4, -0.2) is 47.3 Å². The molecule has 7 nitrogen and oxygen atoms in total. The molecule has 0 aliphatic carbocycles. The van der Waals surface area contributed by atoms with Gasteiger partial charge in [-0.15, -0.1) is 0 Å². The molecule has 1 amide bonds. The first-order valence-electron chi connectivity index (χ1n) is 11.2. The number of carbonyl (C=O) groups is 1. The summed E-state index contributed by atoms with van der Waals surface area (Å²) in [6.07, 6.45) is 0. The molecule has 0 bridgehead atoms. The van der Waals surface area contributed by atoms with E-state index in [1.165, 1.54) is 5.56 Å². The van der Waals surface area contributed by atoms with Crippen molar-refractivity contribution in [2.45, 2.75) is 20.0 Å². The number of benzene rings is 2. The van der Waals surface area contributed by atoms with E-state index in [-0.39, 0.29) is 5.91 Å². The van der Waals surface area contributed by atoms with Crippen LogP contribution in [-0.2, 0) is 17.8 Å². The van der Waals surface area contributed by atoms with Crippen LogP contribution in [0.1, 0.15) is 27.2 Å². The molecular weight excluding hydrogens is 416 g/mol. The Labute approximate surface area is 192 Å². The molecule has 1 aliphatic heterocycles. The standard InChI is InChI=1S/C26H26N4O3/c1-18-24-22(15-23(28-26(24)33-29-18)19-7-3-2-4-8-19)25(31)27-16-20-9-5-6-10-21(20)17-30-11-13-32-14-12-30/h2-10,15H,11-14,16-17H2,1H3,(H,27,31). The van der Waals surface area contributed by atoms with Crippen LogP contribution in [0.2, 0.25) is 0 Å². The zero-order chi connectivity index (χ0) is 22.6. The summed E-state index contributed by atoms with van der Waals surface area (Å²) in [7, 11) is 0. The Morgan fingerprint density at radius 1 is 1.03 bits per heavy atom. The third-order valence-electron chi connectivity index (χ3n) is 5.99. The van der Waals surface area contributed by atoms with Crippen molar-refractivity contribution in [1.82, 2.24) is 20.4 Å². The van der Waals surface area contributed by atoms with E-state index in [2.05, 4.69) is 32.5 Å². The number of hydrogen-bond acceptors (Lipinski definition) is 6. The van der Waals surface area contributed by atoms with Gasteiger partial charge in [0.05, 0.1) is 35.6 Å². The third kappa shape index (κ3) is 4.65. The maximum atomic E-state index is 13.3. The highest BCUT2D eigenvalue weighted by Crippen LogP contribution is 2.27. The first-order valence-corrected chi connectivity index (χ1v) is 11.2. The normalized spacial score (nSPS) is 14.5. The molecule has 5 rings (SSSR count). The third-order valence-corrected chi connectivity index (χ3v) is 5.99. The Bertz CT molecular complexity index is 1260. The van der Waals surface area contributed by atoms with E-state index in [9.17, 15) is 4.79 Å². The number of hydrogen-bond donors (Lipinski definition) is 1. The molecule has 0 saturated carbocycles. The van der Waals surface area contributed by atoms with E-state index >= 15 is 0 Å². The minimum absolute atomic E-state index is 0.174. The predicted molar refractivity (Wildman–Crippen MR) is 126 cm³/mol. The van der Waals surface area contributed by atoms with Gasteiger partial charge in [-0.1, -0.05) is 59.8 Å². The fourth-order valence-corrected chi connectivity index (χ4v) is 4.19. The van der Waals surface area contributed by atoms with Crippen LogP contribution >= 0.6 is 0 Å². The molecule has 0 unspecified atom stereocenters. The molecule has 33 heavy (non-hydrogen) atoms. The summed E-state index contributed by atoms with van der Waals surface area (Å²) in [5.74, 6) is -0.174. The summed E-state index contributed by atoms with van der Waals surface area (Å²) in [4.78, 5) is 20.3. The smallest absolute Gasteiger partial charge is 0.259 e. The van der Waals surface area contributed by atoms with Crippen molar-refractivity contribution in [3.63, 3.8) is 0 Å². The first-order chi connectivity index (χ1) is 16.2. The van der Waals surface area contributed by atoms with E-state index < -0.39 is 0 Å². The molecule has 2 aromatic carbocycles. The number of aromatic nitrogens is 2. The van der Waals surface area contributed by atoms with Crippen LogP contribution in [0.15, 0.2) is 65.2 Å². The van der Waals surface area contributed by atoms with Crippen molar-refractivity contribution in [1.29, 1.82) is 0 Å². The average molecular weight is 443 g/mol. The number of aryl methyl sites for hydroxylation is 1. The molecule has 7 heteroatoms. The van der Waals surface area contributed by atoms with Crippen LogP contribution in [0, 0.1) is 6.92 Å². The molecule has 168 valence electrons. The fourth-order valence-electron chi connectivity index (χ4n) is 4.19. The van der Waals surface area contributed by atoms with E-state index in [1.54, 1.807) is 0 Å². The number of fused-ring (bicyclic) bond motifs is 1. The largest absolute Gasteiger partial charge is 0.379 e. The Kier molecular flexibility index (Phi) is 6.15. The van der Waals surface area contributed by atoms with Crippen LogP contribution in [0.3, 0.4) is 0 Å². The van der Waals surface area contributed by atoms with E-state index in [1.807, 2.05) is 55.5 Å². The van der Waals surface area contributed by atoms with E-state index in [0.717, 1.165) is 44.0 Å². The van der Waals surface area contributed by atoms with Gasteiger partial charge < -0.3 is 14.6 Å². The lowest BCUT2D eigenvalue weighted by molar-refractivity contribution is 0.0340. The molecule has 1 aliphatic rings. The molecule has 0 atom stereocenters. The van der Waals surface area contributed by atoms with Gasteiger partial charge in [0.2, 0.25) is 0 Å². The van der Waals surface area contributed by atoms with E-state index in [4.69, 9.17) is 9.26 Å². The second-order valence-electron chi connectivity index (χ2n) is 8.21. The quantitative estimate of drug-likeness (QED) is 0.487. The number of morpholine rings is 1. The second-order valence-corrected chi connectivity index (χ2v) is 8.21. The second kappa shape index (κ2) is 9.52. The molecule has 2 aromatic heterocycles. The monoisotopic (exact) mass is 442 g/mol. The van der Waals surface area contributed by atoms with Crippen LogP contribution < -0.4 is 5.32 Å². The Balaban J connectivity index is 1.39. The Morgan fingerprint density at radius 2 is 1.76 bits per heavy atom. The van der Waals surface area contributed by atoms with Gasteiger partial charge in [0.1, 0.15) is 0 Å². The average Bonchev–Trinajstić information content (AvgIpc) is 3.24. The lowest BCUT2D eigenvalue weighted by Gasteiger charge is -2.27. The highest BCUT2D eigenvalue weighted by atomic mass is 16.5. The van der Waals surface area contributed by atoms with Crippen molar-refractivity contribution in [2.75, 3.05) is 26.3 Å². The summed E-state index contributed by atoms with van der Waals surface area (Å²) in [6.45, 7) is 6.48. The number of pyridine rings is 1. The van der Waals surface area contributed by atoms with Gasteiger partial charge in [0.15, 0.2) is 0 Å². The SMILES string of the molecule is Cc1noc2nc(-c3ccccc3)cc(C(=O)NCc3ccccc3CN3CCOCC3)c12. The van der Waals surface area contributed by atoms with Gasteiger partial charge in [-0.05, 0) is 24.1 Å². The molecular formula is C26H26N4O3. The number of nitrogens with zero attached hydrogens (tertiary/aromatic N) is 3. The van der Waals surface area contributed by atoms with Crippen molar-refractivity contribution < 1.29 is 14.1 Å². The number of rotatable bonds is 6. The Hall–Kier alpha value is -3.55. The topological polar surface area (TPSA) is 80.5 Å². The Morgan fingerprint density at radius 3 is 2.55 bits per heavy atom. The zero-order valence-corrected chi connectivity index (χ0v) is 18.6. The summed E-state index contributed by atoms with van der Waals surface area (Å²) >= 11 is 0. The highest BCUT2D eigenvalue weighted by molar-refractivity contribution is 6.06. The first kappa shape index (κ1) is 21.3. The van der Waals surface area contributed by atoms with Gasteiger partial charge in [0.25, 0.3) is 11.6 Å². The summed E-state index contributed by atoms with van der Waals surface area (Å²) < 4.78 is 10.9. The number of carbonyl (C=O) groups excluding carboxylic acids is 1. The van der Waals surface area contributed by atoms with E-state index in [0.29, 0.717) is 34.6 Å². The number of nitrogens with one attached hydrogen (secondary N) is 1. The molecule has 1 fully saturated rings. The van der Waals surface area contributed by atoms with Crippen molar-refractivity contribution in [3.8, 4) is 11.3 Å². The van der Waals surface area contributed by atoms with Gasteiger partial charge in [-0.2, -0.15) is 0 Å². The molecule has 0 radical (unpaired) electrons. The van der Waals surface area contributed by atoms with Crippen molar-refractivity contribution >= 4 is 17.0 Å². The number of ether oxygens (including phenoxy) is 1. The van der Waals surface area contributed by atoms with Crippen LogP contribution in [0.5, 0.6) is 0 Å². The van der Waals surface area contributed by atoms with Crippen molar-refractivity contribution in [2.24, 2.45) is 0 Å². The molecule has 4 aromatic rings. The highest BCUT2D eigenvalue weighted by Gasteiger charge is 2.20. The molecule has 0 spiro atoms. The summed E-state index contributed by atoms with van der Waals surface area (Å²) in [5.41, 5.74) is 5.44. The van der Waals surface area contributed by atoms with Crippen molar-refractivity contribution in [3.05, 3.63) is 83.0 Å². The molecule has 3 heterocycles. The van der Waals surface area contributed by atoms with Gasteiger partial charge in [-0.3, -0.25) is 9.69 Å². The zero-order valence-electron chi connectivity index (χ0n) is 18.6. The van der Waals surface area contributed by atoms with Gasteiger partial charge >= 0.3 is 0 Å². The van der Waals surface area contributed by atoms with Crippen LogP contribution in [0.25, 0.3) is 22.4 Å². The summed E-state index contributed by atoms with van der Waals surface area (Å²) in [5, 5.41) is 7.79. The lowest BCUT2D eigenvalue weighted by atomic mass is 10.0. The maximum absolute atomic E-state index is 13.3. The predicted octanol–water partition coefficient (Wildman–Crippen LogP) is 3.96.